The van der Waals surface area contributed by atoms with E-state index in [1.807, 2.05) is 24.7 Å². The highest BCUT2D eigenvalue weighted by Gasteiger charge is 2.15. The first-order chi connectivity index (χ1) is 18.8. The lowest BCUT2D eigenvalue weighted by Crippen LogP contribution is -1.90. The molecule has 0 amide bonds. The van der Waals surface area contributed by atoms with Gasteiger partial charge in [-0.25, -0.2) is 0 Å². The molecule has 2 heteroatoms. The van der Waals surface area contributed by atoms with E-state index < -0.39 is 0 Å². The molecule has 0 spiro atoms. The Labute approximate surface area is 220 Å². The van der Waals surface area contributed by atoms with Crippen molar-refractivity contribution in [3.63, 3.8) is 0 Å². The normalized spacial score (nSPS) is 11.7. The smallest absolute Gasteiger partial charge is 0.0702 e. The first kappa shape index (κ1) is 21.0. The first-order valence-corrected chi connectivity index (χ1v) is 12.9. The minimum absolute atomic E-state index is 1.02. The third kappa shape index (κ3) is 3.21. The maximum Gasteiger partial charge on any atom is 0.0702 e. The van der Waals surface area contributed by atoms with E-state index in [0.29, 0.717) is 0 Å². The van der Waals surface area contributed by atoms with E-state index in [0.717, 1.165) is 10.9 Å². The van der Waals surface area contributed by atoms with Gasteiger partial charge in [-0.2, -0.15) is 0 Å². The molecule has 2 aromatic heterocycles. The van der Waals surface area contributed by atoms with Crippen LogP contribution in [-0.4, -0.2) is 9.97 Å². The Kier molecular flexibility index (Phi) is 4.55. The molecule has 176 valence electrons. The van der Waals surface area contributed by atoms with Crippen molar-refractivity contribution < 1.29 is 0 Å². The topological polar surface area (TPSA) is 25.8 Å². The quantitative estimate of drug-likeness (QED) is 0.234. The van der Waals surface area contributed by atoms with Crippen LogP contribution in [0.5, 0.6) is 0 Å². The highest BCUT2D eigenvalue weighted by atomic mass is 14.6. The summed E-state index contributed by atoms with van der Waals surface area (Å²) >= 11 is 0. The van der Waals surface area contributed by atoms with Gasteiger partial charge in [0.2, 0.25) is 0 Å². The maximum absolute atomic E-state index is 4.50. The monoisotopic (exact) mass is 482 g/mol. The van der Waals surface area contributed by atoms with Crippen molar-refractivity contribution in [1.29, 1.82) is 0 Å². The number of hydrogen-bond donors (Lipinski definition) is 0. The Hall–Kier alpha value is -5.08. The van der Waals surface area contributed by atoms with Crippen LogP contribution in [-0.2, 0) is 0 Å². The molecule has 0 radical (unpaired) electrons. The third-order valence-electron chi connectivity index (χ3n) is 7.79. The summed E-state index contributed by atoms with van der Waals surface area (Å²) < 4.78 is 0. The molecule has 0 saturated heterocycles. The van der Waals surface area contributed by atoms with Crippen molar-refractivity contribution in [3.05, 3.63) is 134 Å². The van der Waals surface area contributed by atoms with Crippen LogP contribution in [0, 0.1) is 0 Å². The zero-order chi connectivity index (χ0) is 25.1. The molecule has 6 aromatic carbocycles. The molecule has 0 bridgehead atoms. The van der Waals surface area contributed by atoms with Gasteiger partial charge in [0.05, 0.1) is 5.52 Å². The number of rotatable bonds is 3. The van der Waals surface area contributed by atoms with E-state index in [4.69, 9.17) is 0 Å². The number of pyridine rings is 2. The average Bonchev–Trinajstić information content (AvgIpc) is 3.00. The van der Waals surface area contributed by atoms with Crippen LogP contribution in [0.3, 0.4) is 0 Å². The summed E-state index contributed by atoms with van der Waals surface area (Å²) in [5, 5.41) is 8.95. The second-order valence-electron chi connectivity index (χ2n) is 9.87. The van der Waals surface area contributed by atoms with Crippen LogP contribution in [0.25, 0.3) is 76.6 Å². The first-order valence-electron chi connectivity index (χ1n) is 12.9. The number of benzene rings is 6. The summed E-state index contributed by atoms with van der Waals surface area (Å²) in [5.74, 6) is 0. The number of aromatic nitrogens is 2. The van der Waals surface area contributed by atoms with Gasteiger partial charge < -0.3 is 0 Å². The molecule has 2 heterocycles. The fraction of sp³-hybridized carbons (Fsp3) is 0. The van der Waals surface area contributed by atoms with Crippen molar-refractivity contribution in [2.75, 3.05) is 0 Å². The summed E-state index contributed by atoms with van der Waals surface area (Å²) in [5.41, 5.74) is 8.36. The lowest BCUT2D eigenvalue weighted by molar-refractivity contribution is 1.33. The van der Waals surface area contributed by atoms with Crippen molar-refractivity contribution in [2.45, 2.75) is 0 Å². The van der Waals surface area contributed by atoms with E-state index in [-0.39, 0.29) is 0 Å². The molecular weight excluding hydrogens is 460 g/mol. The van der Waals surface area contributed by atoms with Crippen LogP contribution in [0.1, 0.15) is 0 Å². The molecule has 8 aromatic rings. The molecule has 0 atom stereocenters. The molecular formula is C36H22N2. The van der Waals surface area contributed by atoms with Crippen molar-refractivity contribution in [2.24, 2.45) is 0 Å². The van der Waals surface area contributed by atoms with Crippen LogP contribution < -0.4 is 0 Å². The Bertz CT molecular complexity index is 2110. The van der Waals surface area contributed by atoms with Crippen LogP contribution in [0.15, 0.2) is 134 Å². The van der Waals surface area contributed by atoms with Gasteiger partial charge in [0, 0.05) is 24.0 Å². The van der Waals surface area contributed by atoms with E-state index in [1.165, 1.54) is 65.7 Å². The van der Waals surface area contributed by atoms with Gasteiger partial charge in [-0.15, -0.1) is 0 Å². The lowest BCUT2D eigenvalue weighted by atomic mass is 9.87. The minimum Gasteiger partial charge on any atom is -0.265 e. The second-order valence-corrected chi connectivity index (χ2v) is 9.87. The molecule has 0 fully saturated rings. The summed E-state index contributed by atoms with van der Waals surface area (Å²) in [6.45, 7) is 0. The van der Waals surface area contributed by atoms with E-state index in [1.54, 1.807) is 0 Å². The Morgan fingerprint density at radius 3 is 1.68 bits per heavy atom. The van der Waals surface area contributed by atoms with Gasteiger partial charge in [0.25, 0.3) is 0 Å². The van der Waals surface area contributed by atoms with Gasteiger partial charge in [-0.05, 0) is 96.0 Å². The van der Waals surface area contributed by atoms with Crippen molar-refractivity contribution in [3.8, 4) is 33.4 Å². The zero-order valence-corrected chi connectivity index (χ0v) is 20.6. The molecule has 8 rings (SSSR count). The predicted octanol–water partition coefficient (Wildman–Crippen LogP) is 9.53. The van der Waals surface area contributed by atoms with Crippen LogP contribution in [0.4, 0.5) is 0 Å². The molecule has 0 aliphatic heterocycles. The average molecular weight is 483 g/mol. The van der Waals surface area contributed by atoms with Crippen molar-refractivity contribution >= 4 is 43.2 Å². The SMILES string of the molecule is c1cnc2ccc(-c3ccc4ccc5ccc(-c6ccc(-c7ccncc7)cc6)c6ccc3c4c56)cc2c1. The minimum atomic E-state index is 1.02. The fourth-order valence-corrected chi connectivity index (χ4v) is 5.93. The molecule has 0 saturated carbocycles. The lowest BCUT2D eigenvalue weighted by Gasteiger charge is -2.17. The molecule has 0 N–H and O–H groups in total. The van der Waals surface area contributed by atoms with Gasteiger partial charge in [0.15, 0.2) is 0 Å². The standard InChI is InChI=1S/C36H22N2/c1-2-29-22-28(11-16-34(29)38-19-1)31-13-10-27-8-7-26-9-12-30(32-14-15-33(31)36(27)35(26)32)25-5-3-23(4-6-25)24-17-20-37-21-18-24/h1-22H. The Morgan fingerprint density at radius 1 is 0.395 bits per heavy atom. The Balaban J connectivity index is 1.33. The van der Waals surface area contributed by atoms with Gasteiger partial charge >= 0.3 is 0 Å². The van der Waals surface area contributed by atoms with Gasteiger partial charge in [-0.1, -0.05) is 84.9 Å². The predicted molar refractivity (Wildman–Crippen MR) is 160 cm³/mol. The van der Waals surface area contributed by atoms with Gasteiger partial charge in [0.1, 0.15) is 0 Å². The Morgan fingerprint density at radius 2 is 0.974 bits per heavy atom. The maximum atomic E-state index is 4.50. The third-order valence-corrected chi connectivity index (χ3v) is 7.79. The molecule has 38 heavy (non-hydrogen) atoms. The summed E-state index contributed by atoms with van der Waals surface area (Å²) in [6.07, 6.45) is 5.53. The fourth-order valence-electron chi connectivity index (χ4n) is 5.93. The highest BCUT2D eigenvalue weighted by Crippen LogP contribution is 2.42. The number of nitrogens with zero attached hydrogens (tertiary/aromatic N) is 2. The van der Waals surface area contributed by atoms with E-state index >= 15 is 0 Å². The number of fused-ring (bicyclic) bond motifs is 1. The second kappa shape index (κ2) is 8.22. The molecule has 0 aliphatic carbocycles. The number of hydrogen-bond acceptors (Lipinski definition) is 2. The summed E-state index contributed by atoms with van der Waals surface area (Å²) in [4.78, 5) is 8.65. The zero-order valence-electron chi connectivity index (χ0n) is 20.6. The van der Waals surface area contributed by atoms with Gasteiger partial charge in [-0.3, -0.25) is 9.97 Å². The molecule has 0 unspecified atom stereocenters. The van der Waals surface area contributed by atoms with E-state index in [2.05, 4.69) is 119 Å². The molecule has 2 nitrogen and oxygen atoms in total. The largest absolute Gasteiger partial charge is 0.265 e. The molecule has 0 aliphatic rings. The van der Waals surface area contributed by atoms with Crippen molar-refractivity contribution in [1.82, 2.24) is 9.97 Å². The van der Waals surface area contributed by atoms with Crippen LogP contribution >= 0.6 is 0 Å². The summed E-state index contributed by atoms with van der Waals surface area (Å²) in [6, 6.07) is 41.8. The highest BCUT2D eigenvalue weighted by molar-refractivity contribution is 6.27. The van der Waals surface area contributed by atoms with E-state index in [9.17, 15) is 0 Å². The van der Waals surface area contributed by atoms with Crippen LogP contribution in [0.2, 0.25) is 0 Å². The summed E-state index contributed by atoms with van der Waals surface area (Å²) in [7, 11) is 0.